The lowest BCUT2D eigenvalue weighted by atomic mass is 10.00. The van der Waals surface area contributed by atoms with Crippen LogP contribution in [0.3, 0.4) is 0 Å². The first-order chi connectivity index (χ1) is 15.2. The Labute approximate surface area is 190 Å². The van der Waals surface area contributed by atoms with Crippen molar-refractivity contribution in [3.8, 4) is 17.1 Å². The first kappa shape index (κ1) is 20.2. The monoisotopic (exact) mass is 452 g/mol. The van der Waals surface area contributed by atoms with E-state index in [-0.39, 0.29) is 0 Å². The number of aromatic nitrogens is 4. The molecule has 31 heavy (non-hydrogen) atoms. The topological polar surface area (TPSA) is 67.7 Å². The van der Waals surface area contributed by atoms with E-state index in [2.05, 4.69) is 20.6 Å². The molecule has 1 aliphatic rings. The minimum atomic E-state index is 0.570. The molecule has 1 aliphatic heterocycles. The highest BCUT2D eigenvalue weighted by Gasteiger charge is 2.21. The normalized spacial score (nSPS) is 16.5. The molecule has 2 aromatic carbocycles. The van der Waals surface area contributed by atoms with Gasteiger partial charge in [0.25, 0.3) is 0 Å². The summed E-state index contributed by atoms with van der Waals surface area (Å²) < 4.78 is 2.00. The zero-order chi connectivity index (χ0) is 21.2. The van der Waals surface area contributed by atoms with Gasteiger partial charge in [0.15, 0.2) is 17.0 Å². The maximum Gasteiger partial charge on any atom is 0.170 e. The van der Waals surface area contributed by atoms with E-state index in [1.807, 2.05) is 53.1 Å². The van der Waals surface area contributed by atoms with E-state index in [1.165, 1.54) is 12.8 Å². The second-order valence-electron chi connectivity index (χ2n) is 7.71. The Bertz CT molecular complexity index is 1200. The first-order valence-corrected chi connectivity index (χ1v) is 11.1. The van der Waals surface area contributed by atoms with E-state index in [0.717, 1.165) is 47.9 Å². The van der Waals surface area contributed by atoms with Crippen molar-refractivity contribution in [2.45, 2.75) is 12.8 Å². The number of fused-ring (bicyclic) bond motifs is 1. The third-order valence-electron chi connectivity index (χ3n) is 5.60. The number of hydrogen-bond acceptors (Lipinski definition) is 5. The molecular formula is C23H22Cl2N6. The highest BCUT2D eigenvalue weighted by atomic mass is 35.5. The van der Waals surface area contributed by atoms with Gasteiger partial charge in [-0.2, -0.15) is 0 Å². The van der Waals surface area contributed by atoms with Crippen LogP contribution >= 0.6 is 23.2 Å². The number of rotatable bonds is 5. The van der Waals surface area contributed by atoms with Gasteiger partial charge in [-0.3, -0.25) is 4.57 Å². The van der Waals surface area contributed by atoms with Crippen LogP contribution in [-0.2, 0) is 0 Å². The summed E-state index contributed by atoms with van der Waals surface area (Å²) >= 11 is 12.7. The van der Waals surface area contributed by atoms with Crippen molar-refractivity contribution in [3.63, 3.8) is 0 Å². The van der Waals surface area contributed by atoms with Crippen LogP contribution in [0.5, 0.6) is 0 Å². The molecule has 0 radical (unpaired) electrons. The minimum absolute atomic E-state index is 0.570. The molecule has 5 rings (SSSR count). The minimum Gasteiger partial charge on any atom is -0.368 e. The number of nitrogens with zero attached hydrogens (tertiary/aromatic N) is 4. The Kier molecular flexibility index (Phi) is 5.76. The van der Waals surface area contributed by atoms with Gasteiger partial charge < -0.3 is 10.6 Å². The van der Waals surface area contributed by atoms with E-state index in [1.54, 1.807) is 6.33 Å². The van der Waals surface area contributed by atoms with E-state index < -0.39 is 0 Å². The molecule has 3 heterocycles. The largest absolute Gasteiger partial charge is 0.368 e. The van der Waals surface area contributed by atoms with Crippen molar-refractivity contribution in [1.82, 2.24) is 24.8 Å². The summed E-state index contributed by atoms with van der Waals surface area (Å²) in [4.78, 5) is 14.0. The molecule has 0 spiro atoms. The molecule has 158 valence electrons. The van der Waals surface area contributed by atoms with Crippen molar-refractivity contribution in [1.29, 1.82) is 0 Å². The van der Waals surface area contributed by atoms with Gasteiger partial charge >= 0.3 is 0 Å². The molecule has 2 aromatic heterocycles. The second kappa shape index (κ2) is 8.83. The van der Waals surface area contributed by atoms with Crippen LogP contribution in [0.1, 0.15) is 12.8 Å². The number of piperidine rings is 1. The average molecular weight is 453 g/mol. The van der Waals surface area contributed by atoms with Gasteiger partial charge in [-0.05, 0) is 68.2 Å². The molecule has 4 aromatic rings. The van der Waals surface area contributed by atoms with Crippen LogP contribution in [-0.4, -0.2) is 39.2 Å². The Balaban J connectivity index is 1.63. The molecular weight excluding hydrogens is 431 g/mol. The number of anilines is 1. The zero-order valence-corrected chi connectivity index (χ0v) is 18.4. The molecule has 8 heteroatoms. The maximum atomic E-state index is 6.54. The SMILES string of the molecule is Clc1ccc(-n2c(-c3ccccc3Cl)nc3c(NCC4CCCNC4)ncnc32)cc1. The summed E-state index contributed by atoms with van der Waals surface area (Å²) in [6, 6.07) is 15.3. The third-order valence-corrected chi connectivity index (χ3v) is 6.18. The summed E-state index contributed by atoms with van der Waals surface area (Å²) in [6.07, 6.45) is 3.99. The van der Waals surface area contributed by atoms with Gasteiger partial charge in [-0.15, -0.1) is 0 Å². The molecule has 0 bridgehead atoms. The predicted molar refractivity (Wildman–Crippen MR) is 126 cm³/mol. The van der Waals surface area contributed by atoms with Crippen molar-refractivity contribution >= 4 is 40.2 Å². The molecule has 0 amide bonds. The van der Waals surface area contributed by atoms with Crippen molar-refractivity contribution < 1.29 is 0 Å². The van der Waals surface area contributed by atoms with Gasteiger partial charge in [0.05, 0.1) is 5.02 Å². The smallest absolute Gasteiger partial charge is 0.170 e. The van der Waals surface area contributed by atoms with Gasteiger partial charge in [-0.25, -0.2) is 15.0 Å². The van der Waals surface area contributed by atoms with E-state index in [9.17, 15) is 0 Å². The van der Waals surface area contributed by atoms with E-state index in [0.29, 0.717) is 21.8 Å². The van der Waals surface area contributed by atoms with Crippen molar-refractivity contribution in [2.75, 3.05) is 25.0 Å². The lowest BCUT2D eigenvalue weighted by molar-refractivity contribution is 0.392. The van der Waals surface area contributed by atoms with Gasteiger partial charge in [-0.1, -0.05) is 35.3 Å². The van der Waals surface area contributed by atoms with Gasteiger partial charge in [0, 0.05) is 22.8 Å². The number of halogens is 2. The highest BCUT2D eigenvalue weighted by molar-refractivity contribution is 6.33. The Morgan fingerprint density at radius 1 is 1.06 bits per heavy atom. The fourth-order valence-corrected chi connectivity index (χ4v) is 4.37. The molecule has 1 unspecified atom stereocenters. The third kappa shape index (κ3) is 4.11. The predicted octanol–water partition coefficient (Wildman–Crippen LogP) is 5.20. The quantitative estimate of drug-likeness (QED) is 0.435. The fraction of sp³-hybridized carbons (Fsp3) is 0.261. The lowest BCUT2D eigenvalue weighted by Crippen LogP contribution is -2.33. The molecule has 1 fully saturated rings. The number of imidazole rings is 1. The Morgan fingerprint density at radius 3 is 2.68 bits per heavy atom. The Hall–Kier alpha value is -2.67. The summed E-state index contributed by atoms with van der Waals surface area (Å²) in [5.41, 5.74) is 3.18. The summed E-state index contributed by atoms with van der Waals surface area (Å²) in [7, 11) is 0. The number of hydrogen-bond donors (Lipinski definition) is 2. The van der Waals surface area contributed by atoms with Gasteiger partial charge in [0.2, 0.25) is 0 Å². The first-order valence-electron chi connectivity index (χ1n) is 10.4. The molecule has 0 aliphatic carbocycles. The maximum absolute atomic E-state index is 6.54. The molecule has 0 saturated carbocycles. The van der Waals surface area contributed by atoms with Crippen LogP contribution in [0.25, 0.3) is 28.2 Å². The van der Waals surface area contributed by atoms with Crippen LogP contribution < -0.4 is 10.6 Å². The van der Waals surface area contributed by atoms with Crippen molar-refractivity contribution in [3.05, 3.63) is 64.9 Å². The van der Waals surface area contributed by atoms with Crippen LogP contribution in [0.4, 0.5) is 5.82 Å². The average Bonchev–Trinajstić information content (AvgIpc) is 3.19. The van der Waals surface area contributed by atoms with Crippen LogP contribution in [0, 0.1) is 5.92 Å². The van der Waals surface area contributed by atoms with E-state index >= 15 is 0 Å². The second-order valence-corrected chi connectivity index (χ2v) is 8.56. The molecule has 1 saturated heterocycles. The standard InChI is InChI=1S/C23H22Cl2N6/c24-16-7-9-17(10-8-16)31-22(18-5-1-2-6-19(18)25)30-20-21(28-14-29-23(20)31)27-13-15-4-3-11-26-12-15/h1-2,5-10,14-15,26H,3-4,11-13H2,(H,27,28,29). The number of benzene rings is 2. The molecule has 2 N–H and O–H groups in total. The Morgan fingerprint density at radius 2 is 1.90 bits per heavy atom. The van der Waals surface area contributed by atoms with Crippen molar-refractivity contribution in [2.24, 2.45) is 5.92 Å². The number of nitrogens with one attached hydrogen (secondary N) is 2. The summed E-state index contributed by atoms with van der Waals surface area (Å²) in [5, 5.41) is 8.26. The van der Waals surface area contributed by atoms with Crippen LogP contribution in [0.2, 0.25) is 10.0 Å². The lowest BCUT2D eigenvalue weighted by Gasteiger charge is -2.23. The zero-order valence-electron chi connectivity index (χ0n) is 16.9. The van der Waals surface area contributed by atoms with E-state index in [4.69, 9.17) is 28.2 Å². The summed E-state index contributed by atoms with van der Waals surface area (Å²) in [6.45, 7) is 2.96. The highest BCUT2D eigenvalue weighted by Crippen LogP contribution is 2.34. The van der Waals surface area contributed by atoms with Crippen LogP contribution in [0.15, 0.2) is 54.9 Å². The molecule has 1 atom stereocenters. The fourth-order valence-electron chi connectivity index (χ4n) is 4.02. The summed E-state index contributed by atoms with van der Waals surface area (Å²) in [5.74, 6) is 2.02. The van der Waals surface area contributed by atoms with Gasteiger partial charge in [0.1, 0.15) is 12.2 Å². The molecule has 6 nitrogen and oxygen atoms in total.